The van der Waals surface area contributed by atoms with Crippen molar-refractivity contribution in [3.05, 3.63) is 11.1 Å². The Kier molecular flexibility index (Phi) is 4.19. The maximum absolute atomic E-state index is 11.5. The standard InChI is InChI=1S/C12H19N3O2S/c1-4-17-11(16)10-8-18-12(13-10)15-6-5-9(7-15)14(2)3/h8-9H,4-7H2,1-3H3. The minimum absolute atomic E-state index is 0.330. The summed E-state index contributed by atoms with van der Waals surface area (Å²) >= 11 is 1.51. The monoisotopic (exact) mass is 269 g/mol. The summed E-state index contributed by atoms with van der Waals surface area (Å²) in [4.78, 5) is 20.4. The highest BCUT2D eigenvalue weighted by Crippen LogP contribution is 2.26. The first-order chi connectivity index (χ1) is 8.61. The van der Waals surface area contributed by atoms with E-state index in [1.807, 2.05) is 0 Å². The van der Waals surface area contributed by atoms with Gasteiger partial charge in [-0.1, -0.05) is 0 Å². The average molecular weight is 269 g/mol. The highest BCUT2D eigenvalue weighted by atomic mass is 32.1. The average Bonchev–Trinajstić information content (AvgIpc) is 2.98. The molecule has 0 aliphatic carbocycles. The number of hydrogen-bond acceptors (Lipinski definition) is 6. The van der Waals surface area contributed by atoms with Gasteiger partial charge < -0.3 is 14.5 Å². The maximum Gasteiger partial charge on any atom is 0.357 e. The molecule has 0 spiro atoms. The third-order valence-corrected chi connectivity index (χ3v) is 4.04. The van der Waals surface area contributed by atoms with E-state index in [0.717, 1.165) is 24.6 Å². The normalized spacial score (nSPS) is 19.6. The van der Waals surface area contributed by atoms with Crippen molar-refractivity contribution in [2.75, 3.05) is 38.7 Å². The number of aromatic nitrogens is 1. The molecule has 1 aromatic heterocycles. The summed E-state index contributed by atoms with van der Waals surface area (Å²) in [7, 11) is 4.19. The van der Waals surface area contributed by atoms with Crippen molar-refractivity contribution in [3.8, 4) is 0 Å². The number of thiazole rings is 1. The summed E-state index contributed by atoms with van der Waals surface area (Å²) in [6.45, 7) is 4.16. The number of carbonyl (C=O) groups excluding carboxylic acids is 1. The van der Waals surface area contributed by atoms with Gasteiger partial charge in [-0.3, -0.25) is 0 Å². The second kappa shape index (κ2) is 5.67. The zero-order chi connectivity index (χ0) is 13.1. The van der Waals surface area contributed by atoms with E-state index >= 15 is 0 Å². The molecule has 1 fully saturated rings. The third kappa shape index (κ3) is 2.81. The lowest BCUT2D eigenvalue weighted by atomic mass is 10.2. The molecule has 1 aliphatic heterocycles. The molecule has 5 nitrogen and oxygen atoms in total. The van der Waals surface area contributed by atoms with Crippen LogP contribution in [0.2, 0.25) is 0 Å². The van der Waals surface area contributed by atoms with E-state index in [1.54, 1.807) is 12.3 Å². The Balaban J connectivity index is 2.01. The van der Waals surface area contributed by atoms with Gasteiger partial charge in [-0.2, -0.15) is 0 Å². The van der Waals surface area contributed by atoms with Crippen LogP contribution in [-0.4, -0.2) is 55.7 Å². The van der Waals surface area contributed by atoms with Gasteiger partial charge in [0.15, 0.2) is 10.8 Å². The van der Waals surface area contributed by atoms with E-state index in [0.29, 0.717) is 18.3 Å². The van der Waals surface area contributed by atoms with Crippen molar-refractivity contribution in [2.24, 2.45) is 0 Å². The molecule has 1 atom stereocenters. The van der Waals surface area contributed by atoms with Crippen LogP contribution in [0, 0.1) is 0 Å². The molecule has 0 amide bonds. The first-order valence-electron chi connectivity index (χ1n) is 6.15. The molecule has 100 valence electrons. The number of rotatable bonds is 4. The lowest BCUT2D eigenvalue weighted by molar-refractivity contribution is 0.0520. The first-order valence-corrected chi connectivity index (χ1v) is 7.03. The second-order valence-electron chi connectivity index (χ2n) is 4.59. The molecular weight excluding hydrogens is 250 g/mol. The van der Waals surface area contributed by atoms with E-state index in [4.69, 9.17) is 4.74 Å². The topological polar surface area (TPSA) is 45.7 Å². The summed E-state index contributed by atoms with van der Waals surface area (Å²) in [6, 6.07) is 0.569. The van der Waals surface area contributed by atoms with E-state index in [-0.39, 0.29) is 5.97 Å². The summed E-state index contributed by atoms with van der Waals surface area (Å²) in [6.07, 6.45) is 1.14. The van der Waals surface area contributed by atoms with Gasteiger partial charge in [0.1, 0.15) is 0 Å². The molecule has 1 unspecified atom stereocenters. The molecule has 0 saturated carbocycles. The Hall–Kier alpha value is -1.14. The number of anilines is 1. The summed E-state index contributed by atoms with van der Waals surface area (Å²) in [5.74, 6) is -0.330. The van der Waals surface area contributed by atoms with Gasteiger partial charge in [0.25, 0.3) is 0 Å². The lowest BCUT2D eigenvalue weighted by Crippen LogP contribution is -2.31. The predicted molar refractivity (Wildman–Crippen MR) is 72.4 cm³/mol. The molecule has 18 heavy (non-hydrogen) atoms. The quantitative estimate of drug-likeness (QED) is 0.774. The predicted octanol–water partition coefficient (Wildman–Crippen LogP) is 1.46. The van der Waals surface area contributed by atoms with Gasteiger partial charge in [0.2, 0.25) is 0 Å². The van der Waals surface area contributed by atoms with Crippen molar-refractivity contribution >= 4 is 22.4 Å². The van der Waals surface area contributed by atoms with E-state index in [2.05, 4.69) is 28.9 Å². The van der Waals surface area contributed by atoms with Gasteiger partial charge in [-0.15, -0.1) is 11.3 Å². The zero-order valence-corrected chi connectivity index (χ0v) is 11.9. The van der Waals surface area contributed by atoms with Gasteiger partial charge >= 0.3 is 5.97 Å². The molecule has 0 bridgehead atoms. The number of hydrogen-bond donors (Lipinski definition) is 0. The van der Waals surface area contributed by atoms with Crippen molar-refractivity contribution in [1.29, 1.82) is 0 Å². The van der Waals surface area contributed by atoms with Crippen LogP contribution in [0.15, 0.2) is 5.38 Å². The Morgan fingerprint density at radius 3 is 3.06 bits per heavy atom. The largest absolute Gasteiger partial charge is 0.461 e. The highest BCUT2D eigenvalue weighted by Gasteiger charge is 2.26. The molecule has 0 radical (unpaired) electrons. The number of nitrogens with zero attached hydrogens (tertiary/aromatic N) is 3. The molecule has 6 heteroatoms. The van der Waals surface area contributed by atoms with Crippen LogP contribution in [0.25, 0.3) is 0 Å². The molecule has 0 aromatic carbocycles. The molecule has 1 saturated heterocycles. The summed E-state index contributed by atoms with van der Waals surface area (Å²) in [5, 5.41) is 2.69. The van der Waals surface area contributed by atoms with Crippen LogP contribution in [0.1, 0.15) is 23.8 Å². The summed E-state index contributed by atoms with van der Waals surface area (Å²) in [5.41, 5.74) is 0.421. The lowest BCUT2D eigenvalue weighted by Gasteiger charge is -2.19. The van der Waals surface area contributed by atoms with Gasteiger partial charge in [-0.05, 0) is 27.4 Å². The van der Waals surface area contributed by atoms with Gasteiger partial charge in [0, 0.05) is 24.5 Å². The van der Waals surface area contributed by atoms with Crippen LogP contribution in [0.5, 0.6) is 0 Å². The fourth-order valence-electron chi connectivity index (χ4n) is 2.05. The number of carbonyl (C=O) groups is 1. The fourth-order valence-corrected chi connectivity index (χ4v) is 2.88. The van der Waals surface area contributed by atoms with Gasteiger partial charge in [0.05, 0.1) is 6.61 Å². The van der Waals surface area contributed by atoms with Crippen LogP contribution in [0.4, 0.5) is 5.13 Å². The van der Waals surface area contributed by atoms with Crippen LogP contribution >= 0.6 is 11.3 Å². The second-order valence-corrected chi connectivity index (χ2v) is 5.42. The minimum atomic E-state index is -0.330. The smallest absolute Gasteiger partial charge is 0.357 e. The first kappa shape index (κ1) is 13.3. The molecule has 2 rings (SSSR count). The van der Waals surface area contributed by atoms with E-state index < -0.39 is 0 Å². The molecule has 1 aromatic rings. The molecule has 0 N–H and O–H groups in total. The third-order valence-electron chi connectivity index (χ3n) is 3.14. The van der Waals surface area contributed by atoms with E-state index in [9.17, 15) is 4.79 Å². The Morgan fingerprint density at radius 1 is 1.67 bits per heavy atom. The summed E-state index contributed by atoms with van der Waals surface area (Å²) < 4.78 is 4.94. The molecule has 2 heterocycles. The number of esters is 1. The SMILES string of the molecule is CCOC(=O)c1csc(N2CCC(N(C)C)C2)n1. The van der Waals surface area contributed by atoms with Crippen molar-refractivity contribution in [3.63, 3.8) is 0 Å². The van der Waals surface area contributed by atoms with E-state index in [1.165, 1.54) is 11.3 Å². The fraction of sp³-hybridized carbons (Fsp3) is 0.667. The molecular formula is C12H19N3O2S. The minimum Gasteiger partial charge on any atom is -0.461 e. The van der Waals surface area contributed by atoms with Gasteiger partial charge in [-0.25, -0.2) is 9.78 Å². The number of ether oxygens (including phenoxy) is 1. The maximum atomic E-state index is 11.5. The van der Waals surface area contributed by atoms with Crippen LogP contribution in [0.3, 0.4) is 0 Å². The van der Waals surface area contributed by atoms with Crippen molar-refractivity contribution in [1.82, 2.24) is 9.88 Å². The zero-order valence-electron chi connectivity index (χ0n) is 11.0. The molecule has 1 aliphatic rings. The van der Waals surface area contributed by atoms with Crippen molar-refractivity contribution < 1.29 is 9.53 Å². The Labute approximate surface area is 111 Å². The van der Waals surface area contributed by atoms with Crippen molar-refractivity contribution in [2.45, 2.75) is 19.4 Å². The number of likely N-dealkylation sites (N-methyl/N-ethyl adjacent to an activating group) is 1. The van der Waals surface area contributed by atoms with Crippen LogP contribution < -0.4 is 4.90 Å². The highest BCUT2D eigenvalue weighted by molar-refractivity contribution is 7.13. The van der Waals surface area contributed by atoms with Crippen LogP contribution in [-0.2, 0) is 4.74 Å². The Bertz CT molecular complexity index is 419. The Morgan fingerprint density at radius 2 is 2.44 bits per heavy atom.